The van der Waals surface area contributed by atoms with E-state index in [0.29, 0.717) is 0 Å². The van der Waals surface area contributed by atoms with Crippen LogP contribution in [0.4, 0.5) is 0 Å². The molecule has 1 aromatic carbocycles. The van der Waals surface area contributed by atoms with E-state index in [2.05, 4.69) is 16.8 Å². The Hall–Kier alpha value is -1.10. The van der Waals surface area contributed by atoms with E-state index < -0.39 is 0 Å². The number of nitrogens with zero attached hydrogens (tertiary/aromatic N) is 2. The van der Waals surface area contributed by atoms with Gasteiger partial charge in [0.15, 0.2) is 0 Å². The number of aliphatic hydroxyl groups excluding tert-OH is 1. The first-order chi connectivity index (χ1) is 9.69. The molecule has 1 N–H and O–H groups in total. The molecule has 2 rings (SSSR count). The van der Waals surface area contributed by atoms with Gasteiger partial charge in [0.25, 0.3) is 0 Å². The molecule has 1 heterocycles. The van der Waals surface area contributed by atoms with Crippen molar-refractivity contribution < 1.29 is 9.84 Å². The van der Waals surface area contributed by atoms with Gasteiger partial charge in [-0.1, -0.05) is 19.1 Å². The molecule has 4 heteroatoms. The van der Waals surface area contributed by atoms with Crippen LogP contribution in [0.15, 0.2) is 24.3 Å². The highest BCUT2D eigenvalue weighted by molar-refractivity contribution is 5.28. The van der Waals surface area contributed by atoms with Crippen molar-refractivity contribution in [3.05, 3.63) is 29.8 Å². The van der Waals surface area contributed by atoms with Gasteiger partial charge in [0, 0.05) is 32.7 Å². The van der Waals surface area contributed by atoms with Crippen LogP contribution in [-0.4, -0.2) is 61.3 Å². The molecule has 0 bridgehead atoms. The van der Waals surface area contributed by atoms with Crippen LogP contribution in [0.2, 0.25) is 0 Å². The molecule has 0 amide bonds. The Morgan fingerprint density at radius 3 is 2.40 bits per heavy atom. The molecule has 1 aliphatic heterocycles. The van der Waals surface area contributed by atoms with E-state index in [1.165, 1.54) is 0 Å². The van der Waals surface area contributed by atoms with E-state index in [-0.39, 0.29) is 6.10 Å². The summed E-state index contributed by atoms with van der Waals surface area (Å²) < 4.78 is 5.77. The van der Waals surface area contributed by atoms with Crippen LogP contribution in [0.25, 0.3) is 0 Å². The lowest BCUT2D eigenvalue weighted by atomic mass is 10.1. The summed E-state index contributed by atoms with van der Waals surface area (Å²) in [6, 6.07) is 7.77. The average molecular weight is 278 g/mol. The van der Waals surface area contributed by atoms with Crippen molar-refractivity contribution >= 4 is 0 Å². The molecule has 1 fully saturated rings. The zero-order chi connectivity index (χ0) is 14.4. The maximum absolute atomic E-state index is 9.74. The van der Waals surface area contributed by atoms with Gasteiger partial charge in [-0.3, -0.25) is 4.90 Å². The zero-order valence-electron chi connectivity index (χ0n) is 12.6. The van der Waals surface area contributed by atoms with Gasteiger partial charge in [0.05, 0.1) is 6.10 Å². The van der Waals surface area contributed by atoms with Crippen LogP contribution in [-0.2, 0) is 0 Å². The molecule has 1 aliphatic rings. The zero-order valence-corrected chi connectivity index (χ0v) is 12.6. The van der Waals surface area contributed by atoms with Gasteiger partial charge in [0.1, 0.15) is 12.4 Å². The number of aliphatic hydroxyl groups is 1. The van der Waals surface area contributed by atoms with E-state index in [9.17, 15) is 5.11 Å². The molecule has 0 radical (unpaired) electrons. The first kappa shape index (κ1) is 15.3. The number of ether oxygens (including phenoxy) is 1. The average Bonchev–Trinajstić information content (AvgIpc) is 2.49. The lowest BCUT2D eigenvalue weighted by Gasteiger charge is -2.32. The third kappa shape index (κ3) is 4.47. The summed E-state index contributed by atoms with van der Waals surface area (Å²) in [6.07, 6.45) is 0.373. The highest BCUT2D eigenvalue weighted by Gasteiger charge is 2.13. The molecule has 0 spiro atoms. The van der Waals surface area contributed by atoms with Gasteiger partial charge in [-0.15, -0.1) is 0 Å². The Kier molecular flexibility index (Phi) is 5.83. The third-order valence-corrected chi connectivity index (χ3v) is 3.92. The van der Waals surface area contributed by atoms with Gasteiger partial charge in [-0.2, -0.15) is 0 Å². The van der Waals surface area contributed by atoms with Crippen molar-refractivity contribution in [2.75, 3.05) is 46.4 Å². The van der Waals surface area contributed by atoms with E-state index in [4.69, 9.17) is 4.74 Å². The smallest absolute Gasteiger partial charge is 0.119 e. The molecule has 1 saturated heterocycles. The minimum Gasteiger partial charge on any atom is -0.492 e. The fourth-order valence-corrected chi connectivity index (χ4v) is 2.39. The van der Waals surface area contributed by atoms with Crippen LogP contribution < -0.4 is 4.74 Å². The number of benzene rings is 1. The summed E-state index contributed by atoms with van der Waals surface area (Å²) in [5.74, 6) is 0.881. The molecule has 0 aromatic heterocycles. The second kappa shape index (κ2) is 7.62. The summed E-state index contributed by atoms with van der Waals surface area (Å²) >= 11 is 0. The number of hydrogen-bond donors (Lipinski definition) is 1. The highest BCUT2D eigenvalue weighted by Crippen LogP contribution is 2.19. The monoisotopic (exact) mass is 278 g/mol. The van der Waals surface area contributed by atoms with Crippen LogP contribution in [0, 0.1) is 0 Å². The summed E-state index contributed by atoms with van der Waals surface area (Å²) in [7, 11) is 2.17. The fourth-order valence-electron chi connectivity index (χ4n) is 2.39. The third-order valence-electron chi connectivity index (χ3n) is 3.92. The minimum atomic E-state index is -0.366. The van der Waals surface area contributed by atoms with Gasteiger partial charge in [0.2, 0.25) is 0 Å². The Labute approximate surface area is 122 Å². The van der Waals surface area contributed by atoms with E-state index in [0.717, 1.165) is 57.1 Å². The van der Waals surface area contributed by atoms with Crippen LogP contribution >= 0.6 is 0 Å². The second-order valence-electron chi connectivity index (χ2n) is 5.49. The SMILES string of the molecule is CC[C@H](O)c1ccc(OCCN2CCN(C)CC2)cc1. The Bertz CT molecular complexity index is 386. The van der Waals surface area contributed by atoms with Crippen molar-refractivity contribution in [1.29, 1.82) is 0 Å². The minimum absolute atomic E-state index is 0.366. The lowest BCUT2D eigenvalue weighted by Crippen LogP contribution is -2.45. The molecular weight excluding hydrogens is 252 g/mol. The molecular formula is C16H26N2O2. The summed E-state index contributed by atoms with van der Waals surface area (Å²) in [5.41, 5.74) is 0.957. The van der Waals surface area contributed by atoms with Crippen molar-refractivity contribution in [2.45, 2.75) is 19.4 Å². The summed E-state index contributed by atoms with van der Waals surface area (Å²) in [6.45, 7) is 8.22. The predicted octanol–water partition coefficient (Wildman–Crippen LogP) is 1.76. The van der Waals surface area contributed by atoms with Gasteiger partial charge in [-0.05, 0) is 31.2 Å². The summed E-state index contributed by atoms with van der Waals surface area (Å²) in [5, 5.41) is 9.74. The largest absolute Gasteiger partial charge is 0.492 e. The van der Waals surface area contributed by atoms with Crippen LogP contribution in [0.5, 0.6) is 5.75 Å². The Morgan fingerprint density at radius 1 is 1.15 bits per heavy atom. The number of rotatable bonds is 6. The maximum Gasteiger partial charge on any atom is 0.119 e. The van der Waals surface area contributed by atoms with Crippen LogP contribution in [0.1, 0.15) is 25.0 Å². The van der Waals surface area contributed by atoms with Crippen molar-refractivity contribution in [3.63, 3.8) is 0 Å². The molecule has 4 nitrogen and oxygen atoms in total. The van der Waals surface area contributed by atoms with Gasteiger partial charge < -0.3 is 14.7 Å². The van der Waals surface area contributed by atoms with Crippen molar-refractivity contribution in [2.24, 2.45) is 0 Å². The maximum atomic E-state index is 9.74. The molecule has 0 saturated carbocycles. The van der Waals surface area contributed by atoms with Gasteiger partial charge in [-0.25, -0.2) is 0 Å². The number of hydrogen-bond acceptors (Lipinski definition) is 4. The van der Waals surface area contributed by atoms with Crippen LogP contribution in [0.3, 0.4) is 0 Å². The normalized spacial score (nSPS) is 18.9. The van der Waals surface area contributed by atoms with Crippen molar-refractivity contribution in [3.8, 4) is 5.75 Å². The molecule has 1 aromatic rings. The lowest BCUT2D eigenvalue weighted by molar-refractivity contribution is 0.133. The van der Waals surface area contributed by atoms with Crippen molar-refractivity contribution in [1.82, 2.24) is 9.80 Å². The van der Waals surface area contributed by atoms with Gasteiger partial charge >= 0.3 is 0 Å². The fraction of sp³-hybridized carbons (Fsp3) is 0.625. The Morgan fingerprint density at radius 2 is 1.80 bits per heavy atom. The molecule has 20 heavy (non-hydrogen) atoms. The number of likely N-dealkylation sites (N-methyl/N-ethyl adjacent to an activating group) is 1. The molecule has 0 unspecified atom stereocenters. The quantitative estimate of drug-likeness (QED) is 0.860. The first-order valence-corrected chi connectivity index (χ1v) is 7.50. The van der Waals surface area contributed by atoms with E-state index in [1.807, 2.05) is 31.2 Å². The Balaban J connectivity index is 1.71. The highest BCUT2D eigenvalue weighted by atomic mass is 16.5. The summed E-state index contributed by atoms with van der Waals surface area (Å²) in [4.78, 5) is 4.80. The number of piperazine rings is 1. The standard InChI is InChI=1S/C16H26N2O2/c1-3-16(19)14-4-6-15(7-5-14)20-13-12-18-10-8-17(2)9-11-18/h4-7,16,19H,3,8-13H2,1-2H3/t16-/m0/s1. The van der Waals surface area contributed by atoms with E-state index in [1.54, 1.807) is 0 Å². The second-order valence-corrected chi connectivity index (χ2v) is 5.49. The molecule has 1 atom stereocenters. The first-order valence-electron chi connectivity index (χ1n) is 7.50. The van der Waals surface area contributed by atoms with E-state index >= 15 is 0 Å². The topological polar surface area (TPSA) is 35.9 Å². The predicted molar refractivity (Wildman–Crippen MR) is 81.1 cm³/mol. The molecule has 0 aliphatic carbocycles. The molecule has 112 valence electrons.